The van der Waals surface area contributed by atoms with Gasteiger partial charge in [0.1, 0.15) is 17.1 Å². The Bertz CT molecular complexity index is 971. The first-order valence-corrected chi connectivity index (χ1v) is 8.96. The zero-order chi connectivity index (χ0) is 19.3. The van der Waals surface area contributed by atoms with Gasteiger partial charge in [-0.15, -0.1) is 0 Å². The van der Waals surface area contributed by atoms with Crippen molar-refractivity contribution in [1.82, 2.24) is 0 Å². The summed E-state index contributed by atoms with van der Waals surface area (Å²) in [5.41, 5.74) is 2.12. The highest BCUT2D eigenvalue weighted by atomic mass is 16.5. The number of carbonyl (C=O) groups excluding carboxylic acids is 1. The normalized spacial score (nSPS) is 19.8. The zero-order valence-corrected chi connectivity index (χ0v) is 15.6. The number of phenols is 2. The van der Waals surface area contributed by atoms with E-state index in [0.29, 0.717) is 29.0 Å². The summed E-state index contributed by atoms with van der Waals surface area (Å²) in [6.07, 6.45) is 4.55. The lowest BCUT2D eigenvalue weighted by Crippen LogP contribution is -2.28. The number of ether oxygens (including phenoxy) is 2. The molecule has 1 aliphatic heterocycles. The molecule has 0 saturated carbocycles. The summed E-state index contributed by atoms with van der Waals surface area (Å²) in [4.78, 5) is 12.8. The maximum absolute atomic E-state index is 12.8. The Balaban J connectivity index is 1.74. The lowest BCUT2D eigenvalue weighted by molar-refractivity contribution is 0.0960. The highest BCUT2D eigenvalue weighted by Crippen LogP contribution is 2.45. The van der Waals surface area contributed by atoms with Gasteiger partial charge in [-0.05, 0) is 67.7 Å². The van der Waals surface area contributed by atoms with Crippen molar-refractivity contribution in [1.29, 1.82) is 0 Å². The summed E-state index contributed by atoms with van der Waals surface area (Å²) in [6.45, 7) is 3.88. The quantitative estimate of drug-likeness (QED) is 0.833. The Hall–Kier alpha value is -2.95. The lowest BCUT2D eigenvalue weighted by atomic mass is 9.78. The van der Waals surface area contributed by atoms with Crippen molar-refractivity contribution in [2.75, 3.05) is 7.11 Å². The van der Waals surface area contributed by atoms with E-state index >= 15 is 0 Å². The van der Waals surface area contributed by atoms with Gasteiger partial charge in [0.15, 0.2) is 17.3 Å². The average Bonchev–Trinajstić information content (AvgIpc) is 2.60. The second-order valence-electron chi connectivity index (χ2n) is 7.67. The van der Waals surface area contributed by atoms with Gasteiger partial charge in [0, 0.05) is 6.42 Å². The number of aromatic hydroxyl groups is 2. The van der Waals surface area contributed by atoms with E-state index in [0.717, 1.165) is 11.1 Å². The van der Waals surface area contributed by atoms with Crippen LogP contribution < -0.4 is 9.47 Å². The number of hydrogen-bond donors (Lipinski definition) is 2. The van der Waals surface area contributed by atoms with Crippen LogP contribution in [0.1, 0.15) is 53.2 Å². The van der Waals surface area contributed by atoms with Crippen molar-refractivity contribution >= 4 is 11.9 Å². The van der Waals surface area contributed by atoms with Gasteiger partial charge in [-0.2, -0.15) is 0 Å². The molecule has 1 heterocycles. The first kappa shape index (κ1) is 17.5. The molecule has 0 amide bonds. The molecule has 0 unspecified atom stereocenters. The van der Waals surface area contributed by atoms with Crippen molar-refractivity contribution in [3.63, 3.8) is 0 Å². The molecule has 27 heavy (non-hydrogen) atoms. The maximum Gasteiger partial charge on any atom is 0.167 e. The second-order valence-corrected chi connectivity index (χ2v) is 7.67. The zero-order valence-electron chi connectivity index (χ0n) is 15.6. The smallest absolute Gasteiger partial charge is 0.167 e. The topological polar surface area (TPSA) is 76.0 Å². The molecule has 0 bridgehead atoms. The van der Waals surface area contributed by atoms with Crippen LogP contribution in [0.4, 0.5) is 0 Å². The van der Waals surface area contributed by atoms with E-state index in [-0.39, 0.29) is 29.6 Å². The molecule has 4 rings (SSSR count). The van der Waals surface area contributed by atoms with Gasteiger partial charge in [-0.25, -0.2) is 0 Å². The number of rotatable bonds is 2. The molecule has 1 aliphatic carbocycles. The molecule has 0 radical (unpaired) electrons. The molecular formula is C22H22O5. The predicted octanol–water partition coefficient (Wildman–Crippen LogP) is 4.20. The van der Waals surface area contributed by atoms with E-state index in [4.69, 9.17) is 9.47 Å². The van der Waals surface area contributed by atoms with Gasteiger partial charge in [0.25, 0.3) is 0 Å². The van der Waals surface area contributed by atoms with Gasteiger partial charge in [0.2, 0.25) is 0 Å². The molecular weight excluding hydrogens is 344 g/mol. The van der Waals surface area contributed by atoms with E-state index in [9.17, 15) is 15.0 Å². The van der Waals surface area contributed by atoms with Crippen LogP contribution in [0.3, 0.4) is 0 Å². The van der Waals surface area contributed by atoms with Crippen LogP contribution in [-0.2, 0) is 6.42 Å². The van der Waals surface area contributed by atoms with Crippen molar-refractivity contribution in [3.8, 4) is 23.0 Å². The van der Waals surface area contributed by atoms with Crippen molar-refractivity contribution in [2.24, 2.45) is 0 Å². The highest BCUT2D eigenvalue weighted by Gasteiger charge is 2.33. The van der Waals surface area contributed by atoms with Gasteiger partial charge >= 0.3 is 0 Å². The number of benzene rings is 2. The molecule has 1 atom stereocenters. The van der Waals surface area contributed by atoms with E-state index in [1.165, 1.54) is 7.11 Å². The van der Waals surface area contributed by atoms with Gasteiger partial charge < -0.3 is 19.7 Å². The van der Waals surface area contributed by atoms with Gasteiger partial charge in [0.05, 0.1) is 18.2 Å². The molecule has 0 spiro atoms. The van der Waals surface area contributed by atoms with E-state index in [2.05, 4.69) is 0 Å². The number of carbonyl (C=O) groups is 1. The SMILES string of the molecule is COc1ccc([C@H]2CC(=O)c3c(cc4c(c3O)C=CC(C)(C)O4)C2)cc1O. The molecule has 2 aliphatic rings. The minimum Gasteiger partial charge on any atom is -0.506 e. The van der Waals surface area contributed by atoms with Crippen molar-refractivity contribution in [3.05, 3.63) is 52.6 Å². The number of Topliss-reactive ketones (excluding diaryl/α,β-unsaturated/α-hetero) is 1. The van der Waals surface area contributed by atoms with Crippen molar-refractivity contribution in [2.45, 2.75) is 38.2 Å². The Labute approximate surface area is 157 Å². The largest absolute Gasteiger partial charge is 0.506 e. The van der Waals surface area contributed by atoms with Crippen LogP contribution in [0.2, 0.25) is 0 Å². The fraction of sp³-hybridized carbons (Fsp3) is 0.318. The molecule has 5 nitrogen and oxygen atoms in total. The Morgan fingerprint density at radius 2 is 1.96 bits per heavy atom. The highest BCUT2D eigenvalue weighted by molar-refractivity contribution is 6.03. The Morgan fingerprint density at radius 1 is 1.19 bits per heavy atom. The maximum atomic E-state index is 12.8. The van der Waals surface area contributed by atoms with Gasteiger partial charge in [-0.3, -0.25) is 4.79 Å². The summed E-state index contributed by atoms with van der Waals surface area (Å²) >= 11 is 0. The van der Waals surface area contributed by atoms with Crippen LogP contribution in [0.25, 0.3) is 6.08 Å². The molecule has 2 N–H and O–H groups in total. The number of ketones is 1. The third-order valence-corrected chi connectivity index (χ3v) is 5.26. The molecule has 0 saturated heterocycles. The summed E-state index contributed by atoms with van der Waals surface area (Å²) in [5, 5.41) is 20.7. The minimum absolute atomic E-state index is 0.00437. The molecule has 0 aromatic heterocycles. The first-order chi connectivity index (χ1) is 12.8. The van der Waals surface area contributed by atoms with Crippen LogP contribution in [0.5, 0.6) is 23.0 Å². The third kappa shape index (κ3) is 2.93. The number of hydrogen-bond acceptors (Lipinski definition) is 5. The molecule has 2 aromatic carbocycles. The lowest BCUT2D eigenvalue weighted by Gasteiger charge is -2.31. The standard InChI is InChI=1S/C22H22O5/c1-22(2)7-6-15-19(27-22)11-14-8-13(10-17(24)20(14)21(15)25)12-4-5-18(26-3)16(23)9-12/h4-7,9,11,13,23,25H,8,10H2,1-3H3/t13-/m1/s1. The minimum atomic E-state index is -0.465. The third-order valence-electron chi connectivity index (χ3n) is 5.26. The predicted molar refractivity (Wildman–Crippen MR) is 102 cm³/mol. The van der Waals surface area contributed by atoms with Crippen LogP contribution >= 0.6 is 0 Å². The van der Waals surface area contributed by atoms with E-state index in [1.807, 2.05) is 38.1 Å². The Kier molecular flexibility index (Phi) is 3.91. The van der Waals surface area contributed by atoms with E-state index < -0.39 is 5.60 Å². The average molecular weight is 366 g/mol. The van der Waals surface area contributed by atoms with Crippen LogP contribution in [0, 0.1) is 0 Å². The second kappa shape index (κ2) is 6.05. The van der Waals surface area contributed by atoms with Crippen LogP contribution in [0.15, 0.2) is 30.3 Å². The monoisotopic (exact) mass is 366 g/mol. The Morgan fingerprint density at radius 3 is 2.67 bits per heavy atom. The van der Waals surface area contributed by atoms with Crippen LogP contribution in [-0.4, -0.2) is 28.7 Å². The van der Waals surface area contributed by atoms with E-state index in [1.54, 1.807) is 12.1 Å². The van der Waals surface area contributed by atoms with Crippen molar-refractivity contribution < 1.29 is 24.5 Å². The summed E-state index contributed by atoms with van der Waals surface area (Å²) < 4.78 is 11.1. The summed E-state index contributed by atoms with van der Waals surface area (Å²) in [6, 6.07) is 7.07. The number of methoxy groups -OCH3 is 1. The fourth-order valence-electron chi connectivity index (χ4n) is 3.89. The number of fused-ring (bicyclic) bond motifs is 2. The molecule has 2 aromatic rings. The molecule has 140 valence electrons. The molecule has 0 fully saturated rings. The van der Waals surface area contributed by atoms with Gasteiger partial charge in [-0.1, -0.05) is 6.07 Å². The number of phenolic OH excluding ortho intramolecular Hbond substituents is 2. The molecule has 5 heteroatoms. The summed E-state index contributed by atoms with van der Waals surface area (Å²) in [5.74, 6) is 0.855. The summed E-state index contributed by atoms with van der Waals surface area (Å²) in [7, 11) is 1.50. The first-order valence-electron chi connectivity index (χ1n) is 8.96. The fourth-order valence-corrected chi connectivity index (χ4v) is 3.89.